The van der Waals surface area contributed by atoms with Gasteiger partial charge in [0.15, 0.2) is 0 Å². The normalized spacial score (nSPS) is 16.0. The van der Waals surface area contributed by atoms with Crippen LogP contribution in [0.3, 0.4) is 0 Å². The number of likely N-dealkylation sites (N-methyl/N-ethyl adjacent to an activating group) is 1. The van der Waals surface area contributed by atoms with Crippen LogP contribution >= 0.6 is 0 Å². The van der Waals surface area contributed by atoms with Crippen molar-refractivity contribution in [2.75, 3.05) is 45.1 Å². The number of hydrogen-bond acceptors (Lipinski definition) is 3. The second-order valence-corrected chi connectivity index (χ2v) is 7.38. The van der Waals surface area contributed by atoms with Crippen molar-refractivity contribution in [1.29, 1.82) is 0 Å². The predicted octanol–water partition coefficient (Wildman–Crippen LogP) is 4.36. The zero-order chi connectivity index (χ0) is 18.4. The molecule has 3 heteroatoms. The first kappa shape index (κ1) is 18.9. The fraction of sp³-hybridized carbons (Fsp3) is 0.391. The van der Waals surface area contributed by atoms with E-state index >= 15 is 0 Å². The summed E-state index contributed by atoms with van der Waals surface area (Å²) < 4.78 is 0. The monoisotopic (exact) mass is 349 g/mol. The smallest absolute Gasteiger partial charge is 0.0417 e. The molecule has 2 aromatic rings. The number of nitrogens with zero attached hydrogens (tertiary/aromatic N) is 2. The Balaban J connectivity index is 1.46. The van der Waals surface area contributed by atoms with Crippen LogP contribution in [0.5, 0.6) is 0 Å². The van der Waals surface area contributed by atoms with E-state index in [9.17, 15) is 0 Å². The highest BCUT2D eigenvalue weighted by molar-refractivity contribution is 5.67. The van der Waals surface area contributed by atoms with E-state index in [1.54, 1.807) is 0 Å². The molecule has 138 valence electrons. The van der Waals surface area contributed by atoms with Crippen LogP contribution < -0.4 is 5.32 Å². The van der Waals surface area contributed by atoms with E-state index in [2.05, 4.69) is 54.2 Å². The first-order valence-electron chi connectivity index (χ1n) is 9.65. The van der Waals surface area contributed by atoms with Crippen molar-refractivity contribution in [2.45, 2.75) is 19.3 Å². The molecule has 2 radical (unpaired) electrons. The minimum atomic E-state index is 1.000. The lowest BCUT2D eigenvalue weighted by molar-refractivity contribution is 0.152. The quantitative estimate of drug-likeness (QED) is 0.749. The summed E-state index contributed by atoms with van der Waals surface area (Å²) in [5.74, 6) is 0. The molecule has 0 atom stereocenters. The Bertz CT molecular complexity index is 702. The summed E-state index contributed by atoms with van der Waals surface area (Å²) in [4.78, 5) is 5.00. The Kier molecular flexibility index (Phi) is 6.70. The van der Waals surface area contributed by atoms with Crippen LogP contribution in [0.25, 0.3) is 0 Å². The van der Waals surface area contributed by atoms with Gasteiger partial charge < -0.3 is 15.1 Å². The van der Waals surface area contributed by atoms with Crippen LogP contribution in [0.1, 0.15) is 29.5 Å². The molecule has 1 aliphatic rings. The van der Waals surface area contributed by atoms with Crippen molar-refractivity contribution in [3.8, 4) is 0 Å². The lowest BCUT2D eigenvalue weighted by Crippen LogP contribution is -2.44. The SMILES string of the molecule is [CH2]c1ccccc1Nc1ccc(CCCCN2CCN(C)CC2)cc1[CH2]. The van der Waals surface area contributed by atoms with Gasteiger partial charge in [0.1, 0.15) is 0 Å². The average molecular weight is 350 g/mol. The van der Waals surface area contributed by atoms with E-state index in [1.807, 2.05) is 24.3 Å². The number of anilines is 2. The van der Waals surface area contributed by atoms with E-state index in [1.165, 1.54) is 51.1 Å². The molecule has 0 spiro atoms. The number of nitrogens with one attached hydrogen (secondary N) is 1. The van der Waals surface area contributed by atoms with E-state index in [-0.39, 0.29) is 0 Å². The summed E-state index contributed by atoms with van der Waals surface area (Å²) in [6, 6.07) is 14.7. The van der Waals surface area contributed by atoms with Gasteiger partial charge in [-0.2, -0.15) is 0 Å². The number of rotatable bonds is 7. The summed E-state index contributed by atoms with van der Waals surface area (Å²) >= 11 is 0. The molecule has 0 aromatic heterocycles. The third-order valence-electron chi connectivity index (χ3n) is 5.24. The number of hydrogen-bond donors (Lipinski definition) is 1. The van der Waals surface area contributed by atoms with E-state index in [0.29, 0.717) is 0 Å². The summed E-state index contributed by atoms with van der Waals surface area (Å²) in [6.07, 6.45) is 3.63. The highest BCUT2D eigenvalue weighted by atomic mass is 15.2. The summed E-state index contributed by atoms with van der Waals surface area (Å²) in [6.45, 7) is 14.4. The van der Waals surface area contributed by atoms with E-state index in [0.717, 1.165) is 28.9 Å². The van der Waals surface area contributed by atoms with Gasteiger partial charge in [-0.05, 0) is 75.5 Å². The molecule has 1 saturated heterocycles. The highest BCUT2D eigenvalue weighted by Crippen LogP contribution is 2.24. The van der Waals surface area contributed by atoms with Gasteiger partial charge in [0.25, 0.3) is 0 Å². The van der Waals surface area contributed by atoms with Crippen molar-refractivity contribution in [2.24, 2.45) is 0 Å². The van der Waals surface area contributed by atoms with Crippen molar-refractivity contribution >= 4 is 11.4 Å². The van der Waals surface area contributed by atoms with Gasteiger partial charge in [-0.1, -0.05) is 30.3 Å². The topological polar surface area (TPSA) is 18.5 Å². The Morgan fingerprint density at radius 1 is 0.885 bits per heavy atom. The predicted molar refractivity (Wildman–Crippen MR) is 112 cm³/mol. The Morgan fingerprint density at radius 2 is 1.62 bits per heavy atom. The van der Waals surface area contributed by atoms with Crippen LogP contribution in [-0.4, -0.2) is 49.6 Å². The van der Waals surface area contributed by atoms with Gasteiger partial charge in [0.05, 0.1) is 0 Å². The van der Waals surface area contributed by atoms with Crippen molar-refractivity contribution < 1.29 is 0 Å². The van der Waals surface area contributed by atoms with Gasteiger partial charge in [-0.15, -0.1) is 0 Å². The first-order valence-corrected chi connectivity index (χ1v) is 9.65. The third-order valence-corrected chi connectivity index (χ3v) is 5.24. The van der Waals surface area contributed by atoms with Gasteiger partial charge in [-0.3, -0.25) is 0 Å². The van der Waals surface area contributed by atoms with Crippen molar-refractivity contribution in [3.63, 3.8) is 0 Å². The highest BCUT2D eigenvalue weighted by Gasteiger charge is 2.12. The van der Waals surface area contributed by atoms with Gasteiger partial charge >= 0.3 is 0 Å². The maximum absolute atomic E-state index is 4.22. The molecule has 0 aliphatic carbocycles. The Hall–Kier alpha value is -1.84. The molecule has 2 aromatic carbocycles. The maximum atomic E-state index is 4.22. The molecule has 3 rings (SSSR count). The molecule has 1 fully saturated rings. The third kappa shape index (κ3) is 5.33. The number of benzene rings is 2. The van der Waals surface area contributed by atoms with Crippen molar-refractivity contribution in [3.05, 3.63) is 73.0 Å². The molecule has 0 saturated carbocycles. The fourth-order valence-corrected chi connectivity index (χ4v) is 3.45. The van der Waals surface area contributed by atoms with Crippen LogP contribution in [0, 0.1) is 13.8 Å². The standard InChI is InChI=1S/C23H31N3/c1-19-8-4-5-10-22(19)24-23-12-11-21(18-20(23)2)9-6-7-13-26-16-14-25(3)15-17-26/h4-5,8,10-12,18,24H,1-2,6-7,9,13-17H2,3H3. The first-order chi connectivity index (χ1) is 12.6. The van der Waals surface area contributed by atoms with E-state index < -0.39 is 0 Å². The zero-order valence-electron chi connectivity index (χ0n) is 16.0. The van der Waals surface area contributed by atoms with Crippen molar-refractivity contribution in [1.82, 2.24) is 9.80 Å². The number of piperazine rings is 1. The van der Waals surface area contributed by atoms with E-state index in [4.69, 9.17) is 0 Å². The molecule has 1 aliphatic heterocycles. The van der Waals surface area contributed by atoms with Crippen LogP contribution in [0.4, 0.5) is 11.4 Å². The largest absolute Gasteiger partial charge is 0.355 e. The minimum Gasteiger partial charge on any atom is -0.355 e. The van der Waals surface area contributed by atoms with Gasteiger partial charge in [0.2, 0.25) is 0 Å². The van der Waals surface area contributed by atoms with Gasteiger partial charge in [-0.25, -0.2) is 0 Å². The zero-order valence-corrected chi connectivity index (χ0v) is 16.0. The molecule has 1 N–H and O–H groups in total. The lowest BCUT2D eigenvalue weighted by atomic mass is 10.0. The van der Waals surface area contributed by atoms with Gasteiger partial charge in [0, 0.05) is 37.6 Å². The summed E-state index contributed by atoms with van der Waals surface area (Å²) in [7, 11) is 2.21. The molecular weight excluding hydrogens is 318 g/mol. The van der Waals surface area contributed by atoms with Crippen LogP contribution in [-0.2, 0) is 6.42 Å². The molecule has 0 unspecified atom stereocenters. The molecule has 0 bridgehead atoms. The summed E-state index contributed by atoms with van der Waals surface area (Å²) in [5.41, 5.74) is 5.52. The van der Waals surface area contributed by atoms with Crippen LogP contribution in [0.15, 0.2) is 42.5 Å². The Morgan fingerprint density at radius 3 is 2.35 bits per heavy atom. The summed E-state index contributed by atoms with van der Waals surface area (Å²) in [5, 5.41) is 3.45. The Labute approximate surface area is 159 Å². The molecule has 3 nitrogen and oxygen atoms in total. The second kappa shape index (κ2) is 9.20. The average Bonchev–Trinajstić information content (AvgIpc) is 2.64. The maximum Gasteiger partial charge on any atom is 0.0417 e. The van der Waals surface area contributed by atoms with Crippen LogP contribution in [0.2, 0.25) is 0 Å². The molecule has 0 amide bonds. The number of aryl methyl sites for hydroxylation is 1. The fourth-order valence-electron chi connectivity index (χ4n) is 3.45. The molecule has 1 heterocycles. The number of para-hydroxylation sites is 1. The minimum absolute atomic E-state index is 1.000. The number of unbranched alkanes of at least 4 members (excludes halogenated alkanes) is 1. The molecular formula is C23H31N3. The lowest BCUT2D eigenvalue weighted by Gasteiger charge is -2.32. The second-order valence-electron chi connectivity index (χ2n) is 7.38. The molecule has 26 heavy (non-hydrogen) atoms.